The third-order valence-electron chi connectivity index (χ3n) is 4.50. The highest BCUT2D eigenvalue weighted by Crippen LogP contribution is 2.46. The Morgan fingerprint density at radius 2 is 1.57 bits per heavy atom. The molecule has 1 atom stereocenters. The third kappa shape index (κ3) is 4.17. The molecule has 1 aliphatic rings. The Hall–Kier alpha value is -2.06. The molecule has 0 radical (unpaired) electrons. The van der Waals surface area contributed by atoms with Crippen molar-refractivity contribution in [1.82, 2.24) is 4.90 Å². The van der Waals surface area contributed by atoms with E-state index in [0.29, 0.717) is 35.3 Å². The van der Waals surface area contributed by atoms with Gasteiger partial charge in [0.05, 0.1) is 34.2 Å². The van der Waals surface area contributed by atoms with E-state index in [4.69, 9.17) is 18.9 Å². The summed E-state index contributed by atoms with van der Waals surface area (Å²) in [6.07, 6.45) is 0. The van der Waals surface area contributed by atoms with Crippen LogP contribution in [0.1, 0.15) is 16.5 Å². The number of benzene rings is 2. The monoisotopic (exact) mass is 467 g/mol. The highest BCUT2D eigenvalue weighted by Gasteiger charge is 2.34. The molecule has 2 aromatic rings. The van der Waals surface area contributed by atoms with Gasteiger partial charge in [0.15, 0.2) is 11.5 Å². The average molecular weight is 468 g/mol. The Labute approximate surface area is 177 Å². The molecule has 1 aliphatic heterocycles. The van der Waals surface area contributed by atoms with Crippen molar-refractivity contribution in [3.63, 3.8) is 0 Å². The zero-order valence-corrected chi connectivity index (χ0v) is 18.6. The van der Waals surface area contributed by atoms with Crippen molar-refractivity contribution in [1.29, 1.82) is 0 Å². The number of hydrogen-bond acceptors (Lipinski definition) is 6. The lowest BCUT2D eigenvalue weighted by atomic mass is 10.1. The number of methoxy groups -OCH3 is 4. The van der Waals surface area contributed by atoms with Crippen LogP contribution in [-0.4, -0.2) is 45.0 Å². The third-order valence-corrected chi connectivity index (χ3v) is 6.43. The van der Waals surface area contributed by atoms with Gasteiger partial charge in [-0.25, -0.2) is 0 Å². The van der Waals surface area contributed by atoms with Crippen molar-refractivity contribution in [3.05, 3.63) is 45.9 Å². The largest absolute Gasteiger partial charge is 0.497 e. The molecule has 1 unspecified atom stereocenters. The molecule has 0 N–H and O–H groups in total. The molecule has 28 heavy (non-hydrogen) atoms. The lowest BCUT2D eigenvalue weighted by Crippen LogP contribution is -2.28. The molecule has 0 bridgehead atoms. The van der Waals surface area contributed by atoms with E-state index in [9.17, 15) is 4.79 Å². The van der Waals surface area contributed by atoms with Crippen LogP contribution in [0, 0.1) is 0 Å². The van der Waals surface area contributed by atoms with Gasteiger partial charge in [-0.2, -0.15) is 0 Å². The molecule has 0 saturated carbocycles. The summed E-state index contributed by atoms with van der Waals surface area (Å²) in [5.41, 5.74) is 1.90. The summed E-state index contributed by atoms with van der Waals surface area (Å²) in [6, 6.07) is 9.42. The number of halogens is 1. The molecule has 2 aromatic carbocycles. The van der Waals surface area contributed by atoms with Crippen molar-refractivity contribution in [3.8, 4) is 23.0 Å². The number of carbonyl (C=O) groups is 1. The van der Waals surface area contributed by atoms with Crippen LogP contribution in [0.15, 0.2) is 34.8 Å². The number of amides is 1. The number of thioether (sulfide) groups is 1. The first-order valence-electron chi connectivity index (χ1n) is 8.55. The van der Waals surface area contributed by atoms with Crippen LogP contribution in [0.3, 0.4) is 0 Å². The first-order valence-corrected chi connectivity index (χ1v) is 10.4. The molecule has 1 amide bonds. The summed E-state index contributed by atoms with van der Waals surface area (Å²) in [5, 5.41) is -0.140. The van der Waals surface area contributed by atoms with Crippen LogP contribution in [0.25, 0.3) is 0 Å². The number of hydrogen-bond donors (Lipinski definition) is 0. The molecule has 1 fully saturated rings. The fraction of sp³-hybridized carbons (Fsp3) is 0.350. The van der Waals surface area contributed by atoms with E-state index in [1.807, 2.05) is 35.2 Å². The number of nitrogens with zero attached hydrogens (tertiary/aromatic N) is 1. The van der Waals surface area contributed by atoms with Crippen LogP contribution < -0.4 is 18.9 Å². The van der Waals surface area contributed by atoms with Crippen LogP contribution >= 0.6 is 27.7 Å². The van der Waals surface area contributed by atoms with Gasteiger partial charge in [0.25, 0.3) is 0 Å². The van der Waals surface area contributed by atoms with Gasteiger partial charge in [-0.15, -0.1) is 11.8 Å². The standard InChI is InChI=1S/C20H22BrNO5S/c1-24-13-5-12(6-14(7-13)25-2)10-22-19(23)11-28-20(22)15-8-17(26-3)18(27-4)9-16(15)21/h5-9,20H,10-11H2,1-4H3. The van der Waals surface area contributed by atoms with Crippen molar-refractivity contribution in [2.45, 2.75) is 11.9 Å². The lowest BCUT2D eigenvalue weighted by molar-refractivity contribution is -0.128. The highest BCUT2D eigenvalue weighted by molar-refractivity contribution is 9.10. The van der Waals surface area contributed by atoms with Gasteiger partial charge < -0.3 is 23.8 Å². The number of carbonyl (C=O) groups excluding carboxylic acids is 1. The molecule has 3 rings (SSSR count). The first-order chi connectivity index (χ1) is 13.5. The molecular weight excluding hydrogens is 446 g/mol. The van der Waals surface area contributed by atoms with E-state index >= 15 is 0 Å². The van der Waals surface area contributed by atoms with Gasteiger partial charge >= 0.3 is 0 Å². The van der Waals surface area contributed by atoms with E-state index in [1.165, 1.54) is 0 Å². The maximum absolute atomic E-state index is 12.6. The summed E-state index contributed by atoms with van der Waals surface area (Å²) in [4.78, 5) is 14.5. The Balaban J connectivity index is 1.94. The Morgan fingerprint density at radius 3 is 2.14 bits per heavy atom. The van der Waals surface area contributed by atoms with Gasteiger partial charge in [-0.05, 0) is 29.8 Å². The van der Waals surface area contributed by atoms with E-state index in [2.05, 4.69) is 15.9 Å². The quantitative estimate of drug-likeness (QED) is 0.606. The van der Waals surface area contributed by atoms with Gasteiger partial charge in [0, 0.05) is 22.6 Å². The number of rotatable bonds is 7. The predicted octanol–water partition coefficient (Wildman–Crippen LogP) is 4.26. The van der Waals surface area contributed by atoms with Gasteiger partial charge in [0.1, 0.15) is 16.9 Å². The number of ether oxygens (including phenoxy) is 4. The van der Waals surface area contributed by atoms with E-state index in [-0.39, 0.29) is 11.3 Å². The minimum atomic E-state index is -0.140. The normalized spacial score (nSPS) is 16.2. The van der Waals surface area contributed by atoms with Crippen LogP contribution in [0.2, 0.25) is 0 Å². The maximum atomic E-state index is 12.6. The van der Waals surface area contributed by atoms with E-state index in [1.54, 1.807) is 40.2 Å². The summed E-state index contributed by atoms with van der Waals surface area (Å²) < 4.78 is 22.4. The van der Waals surface area contributed by atoms with Crippen molar-refractivity contribution in [2.24, 2.45) is 0 Å². The minimum Gasteiger partial charge on any atom is -0.497 e. The van der Waals surface area contributed by atoms with Gasteiger partial charge in [-0.3, -0.25) is 4.79 Å². The van der Waals surface area contributed by atoms with Crippen LogP contribution in [0.5, 0.6) is 23.0 Å². The zero-order valence-electron chi connectivity index (χ0n) is 16.2. The summed E-state index contributed by atoms with van der Waals surface area (Å²) in [5.74, 6) is 3.15. The molecule has 8 heteroatoms. The minimum absolute atomic E-state index is 0.0819. The first kappa shape index (κ1) is 20.7. The van der Waals surface area contributed by atoms with Gasteiger partial charge in [0.2, 0.25) is 5.91 Å². The molecule has 1 saturated heterocycles. The molecular formula is C20H22BrNO5S. The van der Waals surface area contributed by atoms with E-state index in [0.717, 1.165) is 15.6 Å². The zero-order chi connectivity index (χ0) is 20.3. The van der Waals surface area contributed by atoms with Gasteiger partial charge in [-0.1, -0.05) is 15.9 Å². The maximum Gasteiger partial charge on any atom is 0.234 e. The SMILES string of the molecule is COc1cc(CN2C(=O)CSC2c2cc(OC)c(OC)cc2Br)cc(OC)c1. The average Bonchev–Trinajstić information content (AvgIpc) is 3.07. The smallest absolute Gasteiger partial charge is 0.234 e. The molecule has 0 aliphatic carbocycles. The lowest BCUT2D eigenvalue weighted by Gasteiger charge is -2.26. The van der Waals surface area contributed by atoms with Crippen molar-refractivity contribution in [2.75, 3.05) is 34.2 Å². The Morgan fingerprint density at radius 1 is 0.964 bits per heavy atom. The predicted molar refractivity (Wildman–Crippen MR) is 113 cm³/mol. The summed E-state index contributed by atoms with van der Waals surface area (Å²) in [6.45, 7) is 0.449. The Bertz CT molecular complexity index is 854. The highest BCUT2D eigenvalue weighted by atomic mass is 79.9. The fourth-order valence-corrected chi connectivity index (χ4v) is 5.00. The Kier molecular flexibility index (Phi) is 6.61. The molecule has 0 aromatic heterocycles. The fourth-order valence-electron chi connectivity index (χ4n) is 3.10. The van der Waals surface area contributed by atoms with Crippen molar-refractivity contribution >= 4 is 33.6 Å². The summed E-state index contributed by atoms with van der Waals surface area (Å²) >= 11 is 5.20. The van der Waals surface area contributed by atoms with Crippen molar-refractivity contribution < 1.29 is 23.7 Å². The van der Waals surface area contributed by atoms with Crippen LogP contribution in [-0.2, 0) is 11.3 Å². The topological polar surface area (TPSA) is 57.2 Å². The second kappa shape index (κ2) is 8.96. The summed E-state index contributed by atoms with van der Waals surface area (Å²) in [7, 11) is 6.42. The second-order valence-corrected chi connectivity index (χ2v) is 8.06. The molecule has 1 heterocycles. The molecule has 6 nitrogen and oxygen atoms in total. The molecule has 150 valence electrons. The van der Waals surface area contributed by atoms with Crippen LogP contribution in [0.4, 0.5) is 0 Å². The molecule has 0 spiro atoms. The second-order valence-electron chi connectivity index (χ2n) is 6.13. The van der Waals surface area contributed by atoms with E-state index < -0.39 is 0 Å².